The fourth-order valence-corrected chi connectivity index (χ4v) is 4.15. The Balaban J connectivity index is 1.65. The van der Waals surface area contributed by atoms with Crippen LogP contribution in [0.4, 0.5) is 4.39 Å². The summed E-state index contributed by atoms with van der Waals surface area (Å²) in [7, 11) is 0. The van der Waals surface area contributed by atoms with Crippen LogP contribution in [0.2, 0.25) is 5.02 Å². The van der Waals surface area contributed by atoms with E-state index in [0.717, 1.165) is 25.0 Å². The molecule has 1 saturated carbocycles. The number of hydrogen-bond donors (Lipinski definition) is 1. The lowest BCUT2D eigenvalue weighted by Crippen LogP contribution is -2.44. The molecule has 2 unspecified atom stereocenters. The molecule has 2 aliphatic rings. The van der Waals surface area contributed by atoms with E-state index in [1.807, 2.05) is 0 Å². The van der Waals surface area contributed by atoms with Crippen LogP contribution in [0.25, 0.3) is 0 Å². The van der Waals surface area contributed by atoms with Gasteiger partial charge in [-0.05, 0) is 55.7 Å². The first-order chi connectivity index (χ1) is 10.1. The Labute approximate surface area is 130 Å². The highest BCUT2D eigenvalue weighted by Crippen LogP contribution is 2.43. The second kappa shape index (κ2) is 6.23. The van der Waals surface area contributed by atoms with Crippen LogP contribution in [-0.4, -0.2) is 18.2 Å². The molecule has 0 bridgehead atoms. The lowest BCUT2D eigenvalue weighted by atomic mass is 9.79. The Morgan fingerprint density at radius 2 is 2.14 bits per heavy atom. The molecular formula is C17H23ClFNO. The molecule has 0 amide bonds. The largest absolute Gasteiger partial charge is 0.375 e. The molecule has 2 fully saturated rings. The van der Waals surface area contributed by atoms with Gasteiger partial charge in [-0.25, -0.2) is 4.39 Å². The molecule has 1 saturated heterocycles. The molecule has 4 heteroatoms. The molecule has 2 atom stereocenters. The van der Waals surface area contributed by atoms with Crippen molar-refractivity contribution < 1.29 is 9.13 Å². The topological polar surface area (TPSA) is 35.2 Å². The molecule has 1 aliphatic carbocycles. The van der Waals surface area contributed by atoms with E-state index in [0.29, 0.717) is 17.4 Å². The van der Waals surface area contributed by atoms with Crippen molar-refractivity contribution in [1.82, 2.24) is 0 Å². The molecular weight excluding hydrogens is 289 g/mol. The summed E-state index contributed by atoms with van der Waals surface area (Å²) in [6.45, 7) is 0.815. The minimum atomic E-state index is -0.298. The van der Waals surface area contributed by atoms with Crippen LogP contribution in [0.1, 0.15) is 44.1 Å². The molecule has 2 nitrogen and oxygen atoms in total. The van der Waals surface area contributed by atoms with Gasteiger partial charge >= 0.3 is 0 Å². The second-order valence-corrected chi connectivity index (χ2v) is 7.00. The Bertz CT molecular complexity index is 502. The van der Waals surface area contributed by atoms with E-state index < -0.39 is 0 Å². The molecule has 1 spiro atoms. The van der Waals surface area contributed by atoms with Crippen LogP contribution < -0.4 is 5.73 Å². The minimum Gasteiger partial charge on any atom is -0.375 e. The highest BCUT2D eigenvalue weighted by molar-refractivity contribution is 6.31. The van der Waals surface area contributed by atoms with E-state index in [4.69, 9.17) is 22.1 Å². The molecule has 116 valence electrons. The van der Waals surface area contributed by atoms with Crippen LogP contribution in [-0.2, 0) is 11.2 Å². The molecule has 3 rings (SSSR count). The zero-order chi connectivity index (χ0) is 14.9. The number of rotatable bonds is 3. The monoisotopic (exact) mass is 311 g/mol. The number of hydrogen-bond acceptors (Lipinski definition) is 2. The Morgan fingerprint density at radius 3 is 2.86 bits per heavy atom. The van der Waals surface area contributed by atoms with Gasteiger partial charge in [-0.15, -0.1) is 0 Å². The third-order valence-corrected chi connectivity index (χ3v) is 5.47. The Kier molecular flexibility index (Phi) is 4.53. The van der Waals surface area contributed by atoms with E-state index in [2.05, 4.69) is 0 Å². The normalized spacial score (nSPS) is 26.1. The first kappa shape index (κ1) is 15.3. The third-order valence-electron chi connectivity index (χ3n) is 5.12. The third kappa shape index (κ3) is 3.41. The van der Waals surface area contributed by atoms with Gasteiger partial charge in [0, 0.05) is 17.7 Å². The second-order valence-electron chi connectivity index (χ2n) is 6.60. The highest BCUT2D eigenvalue weighted by Gasteiger charge is 2.41. The SMILES string of the molecule is NC(Cc1ccc(F)cc1Cl)C1CCOC2(CCCC2)C1. The molecule has 0 radical (unpaired) electrons. The van der Waals surface area contributed by atoms with E-state index in [9.17, 15) is 4.39 Å². The van der Waals surface area contributed by atoms with Gasteiger partial charge in [-0.3, -0.25) is 0 Å². The fourth-order valence-electron chi connectivity index (χ4n) is 3.91. The molecule has 1 heterocycles. The maximum absolute atomic E-state index is 13.1. The summed E-state index contributed by atoms with van der Waals surface area (Å²) < 4.78 is 19.2. The summed E-state index contributed by atoms with van der Waals surface area (Å²) in [4.78, 5) is 0. The van der Waals surface area contributed by atoms with Crippen molar-refractivity contribution in [3.8, 4) is 0 Å². The molecule has 2 N–H and O–H groups in total. The standard InChI is InChI=1S/C17H23ClFNO/c18-15-10-14(19)4-3-12(15)9-16(20)13-5-8-21-17(11-13)6-1-2-7-17/h3-4,10,13,16H,1-2,5-9,11,20H2. The van der Waals surface area contributed by atoms with E-state index in [1.54, 1.807) is 6.07 Å². The van der Waals surface area contributed by atoms with Crippen LogP contribution in [0.5, 0.6) is 0 Å². The van der Waals surface area contributed by atoms with Crippen molar-refractivity contribution in [2.45, 2.75) is 56.6 Å². The average Bonchev–Trinajstić information content (AvgIpc) is 2.90. The van der Waals surface area contributed by atoms with Gasteiger partial charge in [0.2, 0.25) is 0 Å². The molecule has 1 aromatic carbocycles. The number of ether oxygens (including phenoxy) is 1. The van der Waals surface area contributed by atoms with E-state index >= 15 is 0 Å². The van der Waals surface area contributed by atoms with Crippen LogP contribution >= 0.6 is 11.6 Å². The van der Waals surface area contributed by atoms with Crippen molar-refractivity contribution >= 4 is 11.6 Å². The molecule has 21 heavy (non-hydrogen) atoms. The number of benzene rings is 1. The van der Waals surface area contributed by atoms with Gasteiger partial charge in [-0.2, -0.15) is 0 Å². The van der Waals surface area contributed by atoms with Crippen molar-refractivity contribution in [3.63, 3.8) is 0 Å². The quantitative estimate of drug-likeness (QED) is 0.912. The molecule has 1 aromatic rings. The van der Waals surface area contributed by atoms with Gasteiger partial charge in [0.1, 0.15) is 5.82 Å². The summed E-state index contributed by atoms with van der Waals surface area (Å²) in [6, 6.07) is 4.64. The maximum atomic E-state index is 13.1. The van der Waals surface area contributed by atoms with E-state index in [1.165, 1.54) is 37.8 Å². The van der Waals surface area contributed by atoms with E-state index in [-0.39, 0.29) is 17.5 Å². The van der Waals surface area contributed by atoms with Crippen molar-refractivity contribution in [2.24, 2.45) is 11.7 Å². The molecule has 1 aliphatic heterocycles. The van der Waals surface area contributed by atoms with Crippen LogP contribution in [0, 0.1) is 11.7 Å². The Morgan fingerprint density at radius 1 is 1.38 bits per heavy atom. The van der Waals surface area contributed by atoms with Gasteiger partial charge in [0.05, 0.1) is 5.60 Å². The first-order valence-corrected chi connectivity index (χ1v) is 8.29. The van der Waals surface area contributed by atoms with Crippen molar-refractivity contribution in [1.29, 1.82) is 0 Å². The zero-order valence-electron chi connectivity index (χ0n) is 12.3. The first-order valence-electron chi connectivity index (χ1n) is 7.91. The zero-order valence-corrected chi connectivity index (χ0v) is 13.0. The predicted molar refractivity (Wildman–Crippen MR) is 83.0 cm³/mol. The summed E-state index contributed by atoms with van der Waals surface area (Å²) in [6.07, 6.45) is 7.67. The van der Waals surface area contributed by atoms with Gasteiger partial charge in [0.25, 0.3) is 0 Å². The molecule has 0 aromatic heterocycles. The predicted octanol–water partition coefficient (Wildman–Crippen LogP) is 4.09. The summed E-state index contributed by atoms with van der Waals surface area (Å²) >= 11 is 6.11. The summed E-state index contributed by atoms with van der Waals surface area (Å²) in [5.41, 5.74) is 7.46. The lowest BCUT2D eigenvalue weighted by molar-refractivity contribution is -0.0960. The van der Waals surface area contributed by atoms with Crippen molar-refractivity contribution in [3.05, 3.63) is 34.6 Å². The van der Waals surface area contributed by atoms with Gasteiger partial charge in [0.15, 0.2) is 0 Å². The average molecular weight is 312 g/mol. The number of halogens is 2. The maximum Gasteiger partial charge on any atom is 0.124 e. The smallest absolute Gasteiger partial charge is 0.124 e. The van der Waals surface area contributed by atoms with Gasteiger partial charge < -0.3 is 10.5 Å². The van der Waals surface area contributed by atoms with Crippen LogP contribution in [0.15, 0.2) is 18.2 Å². The number of nitrogens with two attached hydrogens (primary N) is 1. The van der Waals surface area contributed by atoms with Crippen molar-refractivity contribution in [2.75, 3.05) is 6.61 Å². The van der Waals surface area contributed by atoms with Gasteiger partial charge in [-0.1, -0.05) is 30.5 Å². The summed E-state index contributed by atoms with van der Waals surface area (Å²) in [5, 5.41) is 0.480. The highest BCUT2D eigenvalue weighted by atomic mass is 35.5. The fraction of sp³-hybridized carbons (Fsp3) is 0.647. The Hall–Kier alpha value is -0.640. The summed E-state index contributed by atoms with van der Waals surface area (Å²) in [5.74, 6) is 0.172. The lowest BCUT2D eigenvalue weighted by Gasteiger charge is -2.40. The minimum absolute atomic E-state index is 0.0642. The van der Waals surface area contributed by atoms with Crippen LogP contribution in [0.3, 0.4) is 0 Å².